The van der Waals surface area contributed by atoms with Crippen molar-refractivity contribution in [3.63, 3.8) is 0 Å². The monoisotopic (exact) mass is 412 g/mol. The summed E-state index contributed by atoms with van der Waals surface area (Å²) in [4.78, 5) is 17.1. The largest absolute Gasteiger partial charge is 0.406 e. The Morgan fingerprint density at radius 2 is 1.85 bits per heavy atom. The molecule has 0 spiro atoms. The molecule has 1 aliphatic rings. The van der Waals surface area contributed by atoms with Crippen molar-refractivity contribution in [2.75, 3.05) is 18.1 Å². The van der Waals surface area contributed by atoms with Crippen LogP contribution in [-0.4, -0.2) is 46.1 Å². The normalized spacial score (nSPS) is 17.5. The molecule has 0 aliphatic carbocycles. The van der Waals surface area contributed by atoms with Crippen molar-refractivity contribution in [1.29, 1.82) is 0 Å². The van der Waals surface area contributed by atoms with Crippen LogP contribution in [0.1, 0.15) is 18.1 Å². The summed E-state index contributed by atoms with van der Waals surface area (Å²) >= 11 is 1.89. The zero-order valence-corrected chi connectivity index (χ0v) is 15.9. The van der Waals surface area contributed by atoms with Crippen molar-refractivity contribution in [3.8, 4) is 0 Å². The van der Waals surface area contributed by atoms with Crippen LogP contribution in [0.25, 0.3) is 0 Å². The Bertz CT molecular complexity index is 729. The molecule has 0 N–H and O–H groups in total. The highest BCUT2D eigenvalue weighted by atomic mass is 32.2. The van der Waals surface area contributed by atoms with Gasteiger partial charge in [-0.05, 0) is 31.0 Å². The van der Waals surface area contributed by atoms with Gasteiger partial charge in [-0.25, -0.2) is 13.8 Å². The molecule has 0 radical (unpaired) electrons. The maximum absolute atomic E-state index is 13.1. The van der Waals surface area contributed by atoms with E-state index in [1.54, 1.807) is 26.0 Å². The molecule has 1 fully saturated rings. The topological polar surface area (TPSA) is 32.7 Å². The number of amides is 1. The van der Waals surface area contributed by atoms with Gasteiger partial charge in [0.15, 0.2) is 5.17 Å². The molecule has 1 saturated heterocycles. The molecule has 1 heterocycles. The van der Waals surface area contributed by atoms with E-state index in [-0.39, 0.29) is 10.9 Å². The number of amidine groups is 1. The summed E-state index contributed by atoms with van der Waals surface area (Å²) in [5.41, 5.74) is 1.83. The van der Waals surface area contributed by atoms with Crippen LogP contribution in [0.3, 0.4) is 0 Å². The molecule has 0 saturated carbocycles. The molecule has 10 heteroatoms. The first-order valence-electron chi connectivity index (χ1n) is 7.56. The minimum atomic E-state index is -4.53. The van der Waals surface area contributed by atoms with Gasteiger partial charge in [-0.15, -0.1) is 11.8 Å². The van der Waals surface area contributed by atoms with Gasteiger partial charge < -0.3 is 0 Å². The van der Waals surface area contributed by atoms with E-state index in [0.717, 1.165) is 36.0 Å². The lowest BCUT2D eigenvalue weighted by Crippen LogP contribution is -2.38. The van der Waals surface area contributed by atoms with E-state index in [2.05, 4.69) is 4.99 Å². The zero-order valence-electron chi connectivity index (χ0n) is 14.3. The Hall–Kier alpha value is -1.29. The highest BCUT2D eigenvalue weighted by molar-refractivity contribution is 8.15. The van der Waals surface area contributed by atoms with Crippen LogP contribution in [0.2, 0.25) is 0 Å². The van der Waals surface area contributed by atoms with Crippen molar-refractivity contribution in [2.24, 2.45) is 4.99 Å². The average Bonchev–Trinajstić information content (AvgIpc) is 2.79. The fourth-order valence-electron chi connectivity index (χ4n) is 2.22. The molecule has 0 unspecified atom stereocenters. The summed E-state index contributed by atoms with van der Waals surface area (Å²) in [5.74, 6) is -4.02. The zero-order chi connectivity index (χ0) is 19.7. The van der Waals surface area contributed by atoms with E-state index in [1.165, 1.54) is 0 Å². The maximum atomic E-state index is 13.1. The third kappa shape index (κ3) is 5.87. The number of aryl methyl sites for hydroxylation is 2. The molecule has 1 aromatic carbocycles. The first-order chi connectivity index (χ1) is 11.9. The van der Waals surface area contributed by atoms with Gasteiger partial charge >= 0.3 is 6.18 Å². The second-order valence-electron chi connectivity index (χ2n) is 6.04. The van der Waals surface area contributed by atoms with Gasteiger partial charge in [0.05, 0.1) is 17.2 Å². The van der Waals surface area contributed by atoms with Gasteiger partial charge in [0, 0.05) is 11.8 Å². The number of alkyl halides is 5. The minimum absolute atomic E-state index is 0.0314. The Kier molecular flexibility index (Phi) is 6.27. The Labute approximate surface area is 156 Å². The summed E-state index contributed by atoms with van der Waals surface area (Å²) in [5, 5.41) is -0.0314. The Morgan fingerprint density at radius 3 is 2.42 bits per heavy atom. The summed E-state index contributed by atoms with van der Waals surface area (Å²) in [6.45, 7) is 2.92. The molecule has 1 amide bonds. The molecule has 0 aromatic heterocycles. The summed E-state index contributed by atoms with van der Waals surface area (Å²) in [7, 11) is 0. The number of hydrogen-bond acceptors (Lipinski definition) is 4. The number of benzene rings is 1. The maximum Gasteiger partial charge on any atom is 0.406 e. The predicted octanol–water partition coefficient (Wildman–Crippen LogP) is 5.18. The number of thioether (sulfide) groups is 2. The molecule has 1 aliphatic heterocycles. The van der Waals surface area contributed by atoms with E-state index in [1.807, 2.05) is 0 Å². The fourth-order valence-corrected chi connectivity index (χ4v) is 4.01. The molecular weight excluding hydrogens is 395 g/mol. The summed E-state index contributed by atoms with van der Waals surface area (Å²) < 4.78 is 64.2. The van der Waals surface area contributed by atoms with Crippen molar-refractivity contribution >= 4 is 40.3 Å². The lowest BCUT2D eigenvalue weighted by atomic mass is 10.1. The number of aliphatic imine (C=N–C) groups is 1. The Balaban J connectivity index is 2.32. The fraction of sp³-hybridized carbons (Fsp3) is 0.500. The molecule has 0 bridgehead atoms. The number of halogens is 5. The van der Waals surface area contributed by atoms with Crippen LogP contribution in [-0.2, 0) is 4.79 Å². The molecular formula is C16H17F5N2OS2. The van der Waals surface area contributed by atoms with Gasteiger partial charge in [0.25, 0.3) is 5.92 Å². The van der Waals surface area contributed by atoms with Gasteiger partial charge in [-0.3, -0.25) is 9.69 Å². The van der Waals surface area contributed by atoms with Gasteiger partial charge in [0.2, 0.25) is 5.91 Å². The van der Waals surface area contributed by atoms with Crippen LogP contribution in [0.5, 0.6) is 0 Å². The van der Waals surface area contributed by atoms with Gasteiger partial charge in [-0.1, -0.05) is 17.8 Å². The van der Waals surface area contributed by atoms with Crippen molar-refractivity contribution in [2.45, 2.75) is 37.8 Å². The number of hydrogen-bond donors (Lipinski definition) is 0. The minimum Gasteiger partial charge on any atom is -0.281 e. The third-order valence-corrected chi connectivity index (χ3v) is 5.75. The average molecular weight is 412 g/mol. The van der Waals surface area contributed by atoms with E-state index < -0.39 is 30.3 Å². The predicted molar refractivity (Wildman–Crippen MR) is 94.6 cm³/mol. The molecule has 144 valence electrons. The highest BCUT2D eigenvalue weighted by Gasteiger charge is 2.38. The van der Waals surface area contributed by atoms with Crippen LogP contribution in [0.15, 0.2) is 22.0 Å². The second-order valence-corrected chi connectivity index (χ2v) is 8.00. The molecule has 3 nitrogen and oxygen atoms in total. The van der Waals surface area contributed by atoms with E-state index >= 15 is 0 Å². The SMILES string of the molecule is Cc1cc(C)c(SCC(C)(F)F)cc1N=C1SCC(=O)N1CC(F)(F)F. The van der Waals surface area contributed by atoms with Crippen LogP contribution in [0.4, 0.5) is 27.6 Å². The van der Waals surface area contributed by atoms with Crippen molar-refractivity contribution in [3.05, 3.63) is 23.3 Å². The van der Waals surface area contributed by atoms with Crippen LogP contribution in [0, 0.1) is 13.8 Å². The van der Waals surface area contributed by atoms with Crippen LogP contribution < -0.4 is 0 Å². The number of rotatable bonds is 5. The van der Waals surface area contributed by atoms with Crippen molar-refractivity contribution in [1.82, 2.24) is 4.90 Å². The van der Waals surface area contributed by atoms with E-state index in [9.17, 15) is 26.7 Å². The standard InChI is InChI=1S/C16H17F5N2OS2/c1-9-4-10(2)12(26-8-15(3,17)18)5-11(9)22-14-23(7-16(19,20)21)13(24)6-25-14/h4-5H,6-8H2,1-3H3. The van der Waals surface area contributed by atoms with Crippen LogP contribution >= 0.6 is 23.5 Å². The lowest BCUT2D eigenvalue weighted by molar-refractivity contribution is -0.150. The van der Waals surface area contributed by atoms with E-state index in [4.69, 9.17) is 0 Å². The lowest BCUT2D eigenvalue weighted by Gasteiger charge is -2.18. The Morgan fingerprint density at radius 1 is 1.19 bits per heavy atom. The molecule has 0 atom stereocenters. The van der Waals surface area contributed by atoms with Crippen molar-refractivity contribution < 1.29 is 26.7 Å². The summed E-state index contributed by atoms with van der Waals surface area (Å²) in [6.07, 6.45) is -4.53. The number of nitrogens with zero attached hydrogens (tertiary/aromatic N) is 2. The highest BCUT2D eigenvalue weighted by Crippen LogP contribution is 2.35. The summed E-state index contributed by atoms with van der Waals surface area (Å²) in [6, 6.07) is 3.31. The number of carbonyl (C=O) groups excluding carboxylic acids is 1. The second kappa shape index (κ2) is 7.75. The molecule has 1 aromatic rings. The first-order valence-corrected chi connectivity index (χ1v) is 9.53. The molecule has 2 rings (SSSR count). The first kappa shape index (κ1) is 21.0. The third-order valence-electron chi connectivity index (χ3n) is 3.38. The quantitative estimate of drug-likeness (QED) is 0.494. The molecule has 26 heavy (non-hydrogen) atoms. The smallest absolute Gasteiger partial charge is 0.281 e. The van der Waals surface area contributed by atoms with Gasteiger partial charge in [0.1, 0.15) is 6.54 Å². The van der Waals surface area contributed by atoms with E-state index in [0.29, 0.717) is 21.0 Å². The van der Waals surface area contributed by atoms with Gasteiger partial charge in [-0.2, -0.15) is 13.2 Å². The number of carbonyl (C=O) groups is 1.